The Labute approximate surface area is 184 Å². The number of carboxylic acid groups (broad SMARTS) is 1. The van der Waals surface area contributed by atoms with Crippen LogP contribution < -0.4 is 9.47 Å². The molecule has 0 unspecified atom stereocenters. The molecule has 7 heteroatoms. The predicted octanol–water partition coefficient (Wildman–Crippen LogP) is 5.75. The molecule has 0 heterocycles. The van der Waals surface area contributed by atoms with Crippen LogP contribution in [-0.4, -0.2) is 23.7 Å². The number of carbonyl (C=O) groups excluding carboxylic acids is 1. The predicted molar refractivity (Wildman–Crippen MR) is 116 cm³/mol. The number of hydrogen-bond acceptors (Lipinski definition) is 4. The monoisotopic (exact) mass is 518 g/mol. The fraction of sp³-hybridized carbons (Fsp3) is 0.0909. The van der Waals surface area contributed by atoms with Crippen molar-refractivity contribution in [2.45, 2.75) is 6.42 Å². The number of hydrogen-bond donors (Lipinski definition) is 1. The van der Waals surface area contributed by atoms with Gasteiger partial charge < -0.3 is 14.6 Å². The van der Waals surface area contributed by atoms with E-state index >= 15 is 0 Å². The van der Waals surface area contributed by atoms with Gasteiger partial charge in [-0.15, -0.1) is 0 Å². The summed E-state index contributed by atoms with van der Waals surface area (Å²) in [4.78, 5) is 23.8. The summed E-state index contributed by atoms with van der Waals surface area (Å²) < 4.78 is 12.2. The summed E-state index contributed by atoms with van der Waals surface area (Å²) in [6.07, 6.45) is 0.763. The van der Waals surface area contributed by atoms with E-state index in [1.54, 1.807) is 24.3 Å². The average molecular weight is 520 g/mol. The Balaban J connectivity index is 1.66. The third kappa shape index (κ3) is 5.68. The molecule has 0 bridgehead atoms. The third-order valence-corrected chi connectivity index (χ3v) is 5.15. The van der Waals surface area contributed by atoms with Gasteiger partial charge in [-0.1, -0.05) is 46.3 Å². The van der Waals surface area contributed by atoms with Gasteiger partial charge in [-0.05, 0) is 57.9 Å². The Morgan fingerprint density at radius 3 is 2.31 bits per heavy atom. The van der Waals surface area contributed by atoms with Crippen molar-refractivity contribution in [1.29, 1.82) is 0 Å². The Hall–Kier alpha value is -2.64. The molecule has 0 radical (unpaired) electrons. The van der Waals surface area contributed by atoms with Crippen LogP contribution in [0.2, 0.25) is 0 Å². The molecule has 0 aliphatic heterocycles. The lowest BCUT2D eigenvalue weighted by molar-refractivity contribution is 0.0681. The minimum atomic E-state index is -1.18. The molecule has 0 saturated carbocycles. The van der Waals surface area contributed by atoms with Crippen LogP contribution in [0, 0.1) is 0 Å². The van der Waals surface area contributed by atoms with Crippen LogP contribution in [0.4, 0.5) is 0 Å². The van der Waals surface area contributed by atoms with Crippen molar-refractivity contribution in [2.75, 3.05) is 6.61 Å². The molecule has 3 rings (SSSR count). The quantitative estimate of drug-likeness (QED) is 0.318. The Kier molecular flexibility index (Phi) is 7.06. The van der Waals surface area contributed by atoms with Crippen LogP contribution in [0.5, 0.6) is 11.5 Å². The van der Waals surface area contributed by atoms with Crippen LogP contribution in [0.3, 0.4) is 0 Å². The van der Waals surface area contributed by atoms with E-state index < -0.39 is 11.9 Å². The van der Waals surface area contributed by atoms with Gasteiger partial charge in [0, 0.05) is 10.9 Å². The average Bonchev–Trinajstić information content (AvgIpc) is 2.71. The van der Waals surface area contributed by atoms with E-state index in [2.05, 4.69) is 31.9 Å². The van der Waals surface area contributed by atoms with E-state index in [0.717, 1.165) is 6.42 Å². The molecule has 0 aliphatic carbocycles. The van der Waals surface area contributed by atoms with E-state index in [0.29, 0.717) is 21.3 Å². The number of ether oxygens (including phenoxy) is 2. The zero-order valence-corrected chi connectivity index (χ0v) is 18.3. The SMILES string of the molecule is O=C(Oc1ccc(Br)cc1C(=O)O)c1ccc(OCCc2ccccc2)c(Br)c1. The van der Waals surface area contributed by atoms with Crippen LogP contribution in [0.1, 0.15) is 26.3 Å². The Bertz CT molecular complexity index is 1030. The first kappa shape index (κ1) is 21.1. The van der Waals surface area contributed by atoms with Gasteiger partial charge in [0.1, 0.15) is 17.1 Å². The van der Waals surface area contributed by atoms with E-state index in [9.17, 15) is 14.7 Å². The first-order chi connectivity index (χ1) is 13.9. The lowest BCUT2D eigenvalue weighted by Crippen LogP contribution is -2.12. The molecular weight excluding hydrogens is 504 g/mol. The summed E-state index contributed by atoms with van der Waals surface area (Å²) in [5, 5.41) is 9.28. The highest BCUT2D eigenvalue weighted by Gasteiger charge is 2.17. The number of benzene rings is 3. The fourth-order valence-electron chi connectivity index (χ4n) is 2.59. The summed E-state index contributed by atoms with van der Waals surface area (Å²) >= 11 is 6.61. The summed E-state index contributed by atoms with van der Waals surface area (Å²) in [5.41, 5.74) is 1.34. The van der Waals surface area contributed by atoms with E-state index in [4.69, 9.17) is 9.47 Å². The maximum atomic E-state index is 12.4. The molecule has 0 atom stereocenters. The lowest BCUT2D eigenvalue weighted by atomic mass is 10.2. The maximum Gasteiger partial charge on any atom is 0.343 e. The minimum Gasteiger partial charge on any atom is -0.492 e. The van der Waals surface area contributed by atoms with Gasteiger partial charge in [0.05, 0.1) is 16.6 Å². The first-order valence-electron chi connectivity index (χ1n) is 8.65. The molecule has 1 N–H and O–H groups in total. The Morgan fingerprint density at radius 1 is 0.897 bits per heavy atom. The van der Waals surface area contributed by atoms with E-state index in [1.165, 1.54) is 17.7 Å². The molecule has 0 spiro atoms. The minimum absolute atomic E-state index is 0.0231. The van der Waals surface area contributed by atoms with Crippen LogP contribution >= 0.6 is 31.9 Å². The summed E-state index contributed by atoms with van der Waals surface area (Å²) in [7, 11) is 0. The van der Waals surface area contributed by atoms with E-state index in [1.807, 2.05) is 30.3 Å². The zero-order chi connectivity index (χ0) is 20.8. The van der Waals surface area contributed by atoms with Crippen molar-refractivity contribution < 1.29 is 24.2 Å². The smallest absolute Gasteiger partial charge is 0.343 e. The zero-order valence-electron chi connectivity index (χ0n) is 15.1. The topological polar surface area (TPSA) is 72.8 Å². The van der Waals surface area contributed by atoms with Gasteiger partial charge in [-0.2, -0.15) is 0 Å². The maximum absolute atomic E-state index is 12.4. The van der Waals surface area contributed by atoms with Crippen molar-refractivity contribution in [3.8, 4) is 11.5 Å². The van der Waals surface area contributed by atoms with Gasteiger partial charge in [0.15, 0.2) is 0 Å². The second-order valence-electron chi connectivity index (χ2n) is 6.06. The number of carbonyl (C=O) groups is 2. The van der Waals surface area contributed by atoms with Crippen LogP contribution in [0.25, 0.3) is 0 Å². The van der Waals surface area contributed by atoms with E-state index in [-0.39, 0.29) is 16.9 Å². The molecule has 0 aliphatic rings. The van der Waals surface area contributed by atoms with Crippen LogP contribution in [0.15, 0.2) is 75.7 Å². The lowest BCUT2D eigenvalue weighted by Gasteiger charge is -2.11. The molecule has 0 amide bonds. The van der Waals surface area contributed by atoms with Crippen LogP contribution in [-0.2, 0) is 6.42 Å². The number of rotatable bonds is 7. The van der Waals surface area contributed by atoms with Crippen molar-refractivity contribution in [3.63, 3.8) is 0 Å². The highest BCUT2D eigenvalue weighted by Crippen LogP contribution is 2.28. The van der Waals surface area contributed by atoms with Crippen molar-refractivity contribution in [2.24, 2.45) is 0 Å². The fourth-order valence-corrected chi connectivity index (χ4v) is 3.44. The second-order valence-corrected chi connectivity index (χ2v) is 7.83. The highest BCUT2D eigenvalue weighted by atomic mass is 79.9. The molecule has 29 heavy (non-hydrogen) atoms. The molecular formula is C22H16Br2O5. The second kappa shape index (κ2) is 9.71. The van der Waals surface area contributed by atoms with Gasteiger partial charge >= 0.3 is 11.9 Å². The molecule has 0 saturated heterocycles. The van der Waals surface area contributed by atoms with Gasteiger partial charge in [-0.25, -0.2) is 9.59 Å². The number of aromatic carboxylic acids is 1. The third-order valence-electron chi connectivity index (χ3n) is 4.03. The number of halogens is 2. The van der Waals surface area contributed by atoms with Crippen molar-refractivity contribution >= 4 is 43.8 Å². The number of esters is 1. The molecule has 5 nitrogen and oxygen atoms in total. The molecule has 0 fully saturated rings. The molecule has 0 aromatic heterocycles. The Morgan fingerprint density at radius 2 is 1.62 bits per heavy atom. The van der Waals surface area contributed by atoms with Gasteiger partial charge in [-0.3, -0.25) is 0 Å². The molecule has 148 valence electrons. The summed E-state index contributed by atoms with van der Waals surface area (Å²) in [6, 6.07) is 19.2. The molecule has 3 aromatic carbocycles. The van der Waals surface area contributed by atoms with Crippen molar-refractivity contribution in [1.82, 2.24) is 0 Å². The number of carboxylic acids is 1. The highest BCUT2D eigenvalue weighted by molar-refractivity contribution is 9.10. The van der Waals surface area contributed by atoms with Gasteiger partial charge in [0.2, 0.25) is 0 Å². The standard InChI is InChI=1S/C22H16Br2O5/c23-16-7-9-19(17(13-16)21(25)26)29-22(27)15-6-8-20(18(24)12-15)28-11-10-14-4-2-1-3-5-14/h1-9,12-13H,10-11H2,(H,25,26). The van der Waals surface area contributed by atoms with Gasteiger partial charge in [0.25, 0.3) is 0 Å². The normalized spacial score (nSPS) is 10.4. The molecule has 3 aromatic rings. The summed E-state index contributed by atoms with van der Waals surface area (Å²) in [5.74, 6) is -1.26. The summed E-state index contributed by atoms with van der Waals surface area (Å²) in [6.45, 7) is 0.493. The van der Waals surface area contributed by atoms with Crippen molar-refractivity contribution in [3.05, 3.63) is 92.4 Å². The largest absolute Gasteiger partial charge is 0.492 e. The first-order valence-corrected chi connectivity index (χ1v) is 10.2.